The van der Waals surface area contributed by atoms with E-state index in [2.05, 4.69) is 10.6 Å². The van der Waals surface area contributed by atoms with Gasteiger partial charge in [-0.2, -0.15) is 0 Å². The Balaban J connectivity index is 2.16. The van der Waals surface area contributed by atoms with Crippen molar-refractivity contribution in [1.82, 2.24) is 10.6 Å². The van der Waals surface area contributed by atoms with E-state index in [4.69, 9.17) is 9.47 Å². The summed E-state index contributed by atoms with van der Waals surface area (Å²) < 4.78 is 10.5. The Hall–Kier alpha value is -2.24. The first-order valence-corrected chi connectivity index (χ1v) is 8.29. The van der Waals surface area contributed by atoms with Crippen LogP contribution in [0.2, 0.25) is 0 Å². The number of nitrogens with one attached hydrogen (secondary N) is 2. The van der Waals surface area contributed by atoms with Gasteiger partial charge in [0, 0.05) is 18.7 Å². The van der Waals surface area contributed by atoms with Gasteiger partial charge in [0.25, 0.3) is 5.91 Å². The molecule has 134 valence electrons. The third kappa shape index (κ3) is 8.41. The lowest BCUT2D eigenvalue weighted by Gasteiger charge is -2.19. The number of hydrogen-bond acceptors (Lipinski definition) is 4. The second-order valence-corrected chi connectivity index (χ2v) is 6.35. The zero-order valence-electron chi connectivity index (χ0n) is 15.0. The number of benzene rings is 1. The number of ether oxygens (including phenoxy) is 2. The molecule has 0 aromatic heterocycles. The largest absolute Gasteiger partial charge is 0.494 e. The Morgan fingerprint density at radius 1 is 1.00 bits per heavy atom. The van der Waals surface area contributed by atoms with Crippen LogP contribution in [0, 0.1) is 0 Å². The molecule has 0 aliphatic heterocycles. The molecule has 0 bridgehead atoms. The van der Waals surface area contributed by atoms with Gasteiger partial charge in [-0.1, -0.05) is 0 Å². The van der Waals surface area contributed by atoms with E-state index < -0.39 is 11.7 Å². The third-order valence-corrected chi connectivity index (χ3v) is 2.98. The summed E-state index contributed by atoms with van der Waals surface area (Å²) in [6.07, 6.45) is 1.13. The van der Waals surface area contributed by atoms with Crippen molar-refractivity contribution in [1.29, 1.82) is 0 Å². The first kappa shape index (κ1) is 19.8. The highest BCUT2D eigenvalue weighted by Crippen LogP contribution is 2.12. The fourth-order valence-electron chi connectivity index (χ4n) is 1.93. The average Bonchev–Trinajstić information content (AvgIpc) is 2.50. The molecule has 0 aliphatic rings. The minimum atomic E-state index is -0.490. The van der Waals surface area contributed by atoms with E-state index in [1.54, 1.807) is 24.3 Å². The van der Waals surface area contributed by atoms with Gasteiger partial charge < -0.3 is 20.1 Å². The lowest BCUT2D eigenvalue weighted by Crippen LogP contribution is -2.33. The van der Waals surface area contributed by atoms with Crippen molar-refractivity contribution in [2.24, 2.45) is 0 Å². The quantitative estimate of drug-likeness (QED) is 0.715. The lowest BCUT2D eigenvalue weighted by atomic mass is 10.2. The Morgan fingerprint density at radius 2 is 1.58 bits per heavy atom. The van der Waals surface area contributed by atoms with Crippen molar-refractivity contribution < 1.29 is 19.1 Å². The maximum Gasteiger partial charge on any atom is 0.407 e. The molecule has 0 unspecified atom stereocenters. The number of amides is 2. The van der Waals surface area contributed by atoms with Crippen molar-refractivity contribution in [2.45, 2.75) is 46.1 Å². The first-order valence-electron chi connectivity index (χ1n) is 8.29. The van der Waals surface area contributed by atoms with E-state index in [9.17, 15) is 9.59 Å². The van der Waals surface area contributed by atoms with Gasteiger partial charge >= 0.3 is 6.09 Å². The summed E-state index contributed by atoms with van der Waals surface area (Å²) in [7, 11) is 0. The maximum absolute atomic E-state index is 12.0. The van der Waals surface area contributed by atoms with Crippen LogP contribution in [0.25, 0.3) is 0 Å². The highest BCUT2D eigenvalue weighted by molar-refractivity contribution is 5.94. The molecule has 0 radical (unpaired) electrons. The monoisotopic (exact) mass is 336 g/mol. The topological polar surface area (TPSA) is 76.7 Å². The van der Waals surface area contributed by atoms with Crippen molar-refractivity contribution in [3.63, 3.8) is 0 Å². The molecule has 6 heteroatoms. The molecule has 0 spiro atoms. The Bertz CT molecular complexity index is 521. The summed E-state index contributed by atoms with van der Waals surface area (Å²) in [5, 5.41) is 5.54. The van der Waals surface area contributed by atoms with Gasteiger partial charge in [-0.3, -0.25) is 4.79 Å². The smallest absolute Gasteiger partial charge is 0.407 e. The van der Waals surface area contributed by atoms with E-state index in [0.29, 0.717) is 25.3 Å². The van der Waals surface area contributed by atoms with Gasteiger partial charge in [0.15, 0.2) is 0 Å². The number of carbonyl (C=O) groups is 2. The van der Waals surface area contributed by atoms with E-state index in [1.807, 2.05) is 27.7 Å². The molecule has 1 aromatic rings. The molecule has 2 amide bonds. The van der Waals surface area contributed by atoms with Gasteiger partial charge in [-0.05, 0) is 64.8 Å². The van der Waals surface area contributed by atoms with E-state index in [-0.39, 0.29) is 5.91 Å². The molecular formula is C18H28N2O4. The SMILES string of the molecule is CCOc1ccc(C(=O)NCCCCNC(=O)OC(C)(C)C)cc1. The van der Waals surface area contributed by atoms with Crippen LogP contribution >= 0.6 is 0 Å². The molecule has 1 aromatic carbocycles. The zero-order valence-corrected chi connectivity index (χ0v) is 15.0. The molecule has 0 saturated carbocycles. The summed E-state index contributed by atoms with van der Waals surface area (Å²) in [5.74, 6) is 0.639. The van der Waals surface area contributed by atoms with Gasteiger partial charge in [0.2, 0.25) is 0 Å². The van der Waals surface area contributed by atoms with Crippen LogP contribution in [-0.4, -0.2) is 37.3 Å². The third-order valence-electron chi connectivity index (χ3n) is 2.98. The van der Waals surface area contributed by atoms with Gasteiger partial charge in [0.1, 0.15) is 11.4 Å². The van der Waals surface area contributed by atoms with Gasteiger partial charge in [-0.25, -0.2) is 4.79 Å². The number of alkyl carbamates (subject to hydrolysis) is 1. The van der Waals surface area contributed by atoms with Crippen LogP contribution in [0.15, 0.2) is 24.3 Å². The molecule has 2 N–H and O–H groups in total. The van der Waals surface area contributed by atoms with Crippen LogP contribution in [-0.2, 0) is 4.74 Å². The summed E-state index contributed by atoms with van der Waals surface area (Å²) >= 11 is 0. The minimum absolute atomic E-state index is 0.113. The van der Waals surface area contributed by atoms with Crippen molar-refractivity contribution in [3.05, 3.63) is 29.8 Å². The highest BCUT2D eigenvalue weighted by atomic mass is 16.6. The van der Waals surface area contributed by atoms with Gasteiger partial charge in [0.05, 0.1) is 6.61 Å². The highest BCUT2D eigenvalue weighted by Gasteiger charge is 2.15. The molecule has 0 aliphatic carbocycles. The second kappa shape index (κ2) is 9.80. The fraction of sp³-hybridized carbons (Fsp3) is 0.556. The summed E-state index contributed by atoms with van der Waals surface area (Å²) in [4.78, 5) is 23.4. The number of carbonyl (C=O) groups excluding carboxylic acids is 2. The number of unbranched alkanes of at least 4 members (excludes halogenated alkanes) is 1. The molecule has 24 heavy (non-hydrogen) atoms. The fourth-order valence-corrected chi connectivity index (χ4v) is 1.93. The molecule has 0 fully saturated rings. The molecule has 1 rings (SSSR count). The Labute approximate surface area is 143 Å². The molecular weight excluding hydrogens is 308 g/mol. The molecule has 0 atom stereocenters. The van der Waals surface area contributed by atoms with Gasteiger partial charge in [-0.15, -0.1) is 0 Å². The zero-order chi connectivity index (χ0) is 18.0. The van der Waals surface area contributed by atoms with Crippen molar-refractivity contribution in [2.75, 3.05) is 19.7 Å². The summed E-state index contributed by atoms with van der Waals surface area (Å²) in [5.41, 5.74) is 0.112. The summed E-state index contributed by atoms with van der Waals surface area (Å²) in [6, 6.07) is 7.04. The van der Waals surface area contributed by atoms with Crippen LogP contribution in [0.4, 0.5) is 4.79 Å². The van der Waals surface area contributed by atoms with Crippen LogP contribution in [0.3, 0.4) is 0 Å². The Morgan fingerprint density at radius 3 is 2.12 bits per heavy atom. The van der Waals surface area contributed by atoms with Crippen LogP contribution in [0.1, 0.15) is 50.9 Å². The predicted octanol–water partition coefficient (Wildman–Crippen LogP) is 3.12. The minimum Gasteiger partial charge on any atom is -0.494 e. The first-order chi connectivity index (χ1) is 11.3. The molecule has 6 nitrogen and oxygen atoms in total. The molecule has 0 heterocycles. The van der Waals surface area contributed by atoms with E-state index in [1.165, 1.54) is 0 Å². The standard InChI is InChI=1S/C18H28N2O4/c1-5-23-15-10-8-14(9-11-15)16(21)19-12-6-7-13-20-17(22)24-18(2,3)4/h8-11H,5-7,12-13H2,1-4H3,(H,19,21)(H,20,22). The number of hydrogen-bond donors (Lipinski definition) is 2. The predicted molar refractivity (Wildman–Crippen MR) is 93.4 cm³/mol. The molecule has 0 saturated heterocycles. The summed E-state index contributed by atoms with van der Waals surface area (Å²) in [6.45, 7) is 9.06. The van der Waals surface area contributed by atoms with E-state index in [0.717, 1.165) is 18.6 Å². The average molecular weight is 336 g/mol. The van der Waals surface area contributed by atoms with Crippen molar-refractivity contribution >= 4 is 12.0 Å². The normalized spacial score (nSPS) is 10.8. The lowest BCUT2D eigenvalue weighted by molar-refractivity contribution is 0.0526. The second-order valence-electron chi connectivity index (χ2n) is 6.35. The van der Waals surface area contributed by atoms with Crippen molar-refractivity contribution in [3.8, 4) is 5.75 Å². The number of rotatable bonds is 8. The van der Waals surface area contributed by atoms with E-state index >= 15 is 0 Å². The maximum atomic E-state index is 12.0. The Kier molecular flexibility index (Phi) is 8.09. The van der Waals surface area contributed by atoms with Crippen LogP contribution in [0.5, 0.6) is 5.75 Å². The van der Waals surface area contributed by atoms with Crippen LogP contribution < -0.4 is 15.4 Å².